The minimum Gasteiger partial charge on any atom is -0.497 e. The van der Waals surface area contributed by atoms with Crippen LogP contribution in [0.15, 0.2) is 29.2 Å². The van der Waals surface area contributed by atoms with Crippen LogP contribution in [0.1, 0.15) is 13.3 Å². The molecule has 0 unspecified atom stereocenters. The van der Waals surface area contributed by atoms with E-state index in [1.54, 1.807) is 23.1 Å². The smallest absolute Gasteiger partial charge is 0.317 e. The van der Waals surface area contributed by atoms with Crippen molar-refractivity contribution in [1.82, 2.24) is 14.5 Å². The van der Waals surface area contributed by atoms with E-state index in [9.17, 15) is 13.2 Å². The molecular formula is C15H23N3O4S. The zero-order chi connectivity index (χ0) is 16.9. The van der Waals surface area contributed by atoms with Crippen LogP contribution < -0.4 is 10.1 Å². The molecule has 1 aliphatic rings. The van der Waals surface area contributed by atoms with Crippen molar-refractivity contribution < 1.29 is 17.9 Å². The lowest BCUT2D eigenvalue weighted by Gasteiger charge is -2.34. The predicted molar refractivity (Wildman–Crippen MR) is 87.0 cm³/mol. The topological polar surface area (TPSA) is 79.0 Å². The fourth-order valence-corrected chi connectivity index (χ4v) is 3.84. The summed E-state index contributed by atoms with van der Waals surface area (Å²) >= 11 is 0. The summed E-state index contributed by atoms with van der Waals surface area (Å²) in [5.74, 6) is 0.503. The maximum Gasteiger partial charge on any atom is 0.317 e. The summed E-state index contributed by atoms with van der Waals surface area (Å²) in [5.41, 5.74) is 0. The van der Waals surface area contributed by atoms with Crippen LogP contribution in [0.25, 0.3) is 0 Å². The Bertz CT molecular complexity index is 640. The highest BCUT2D eigenvalue weighted by molar-refractivity contribution is 7.89. The van der Waals surface area contributed by atoms with Gasteiger partial charge in [-0.1, -0.05) is 13.0 Å². The van der Waals surface area contributed by atoms with Crippen LogP contribution in [0.2, 0.25) is 0 Å². The van der Waals surface area contributed by atoms with Crippen LogP contribution in [0, 0.1) is 0 Å². The molecule has 1 aliphatic heterocycles. The Morgan fingerprint density at radius 2 is 1.96 bits per heavy atom. The van der Waals surface area contributed by atoms with Gasteiger partial charge in [0.2, 0.25) is 10.0 Å². The molecule has 1 fully saturated rings. The summed E-state index contributed by atoms with van der Waals surface area (Å²) in [6.45, 7) is 3.97. The zero-order valence-electron chi connectivity index (χ0n) is 13.5. The molecule has 128 valence electrons. The van der Waals surface area contributed by atoms with Crippen molar-refractivity contribution in [2.24, 2.45) is 0 Å². The number of hydrogen-bond donors (Lipinski definition) is 1. The Hall–Kier alpha value is -1.80. The summed E-state index contributed by atoms with van der Waals surface area (Å²) in [4.78, 5) is 13.8. The first-order valence-corrected chi connectivity index (χ1v) is 9.10. The molecule has 7 nitrogen and oxygen atoms in total. The van der Waals surface area contributed by atoms with Crippen LogP contribution in [0.4, 0.5) is 4.79 Å². The van der Waals surface area contributed by atoms with Crippen LogP contribution in [0.3, 0.4) is 0 Å². The second kappa shape index (κ2) is 7.65. The van der Waals surface area contributed by atoms with Crippen LogP contribution in [0.5, 0.6) is 5.75 Å². The number of amides is 2. The molecule has 1 N–H and O–H groups in total. The lowest BCUT2D eigenvalue weighted by Crippen LogP contribution is -2.53. The number of nitrogens with one attached hydrogen (secondary N) is 1. The van der Waals surface area contributed by atoms with Gasteiger partial charge in [-0.25, -0.2) is 13.2 Å². The third-order valence-corrected chi connectivity index (χ3v) is 5.63. The summed E-state index contributed by atoms with van der Waals surface area (Å²) in [6.07, 6.45) is 0.871. The van der Waals surface area contributed by atoms with Crippen molar-refractivity contribution in [3.05, 3.63) is 24.3 Å². The molecule has 1 heterocycles. The molecule has 0 saturated carbocycles. The minimum absolute atomic E-state index is 0.134. The summed E-state index contributed by atoms with van der Waals surface area (Å²) in [5, 5.41) is 2.80. The number of methoxy groups -OCH3 is 1. The van der Waals surface area contributed by atoms with Crippen molar-refractivity contribution in [2.75, 3.05) is 39.8 Å². The highest BCUT2D eigenvalue weighted by Gasteiger charge is 2.30. The lowest BCUT2D eigenvalue weighted by molar-refractivity contribution is 0.172. The Balaban J connectivity index is 2.02. The molecule has 0 radical (unpaired) electrons. The predicted octanol–water partition coefficient (Wildman–Crippen LogP) is 1.12. The molecule has 1 aromatic rings. The van der Waals surface area contributed by atoms with E-state index in [1.165, 1.54) is 17.5 Å². The molecule has 0 aliphatic carbocycles. The van der Waals surface area contributed by atoms with Gasteiger partial charge in [-0.2, -0.15) is 4.31 Å². The summed E-state index contributed by atoms with van der Waals surface area (Å²) < 4.78 is 31.8. The first-order valence-electron chi connectivity index (χ1n) is 7.66. The van der Waals surface area contributed by atoms with E-state index in [1.807, 2.05) is 6.92 Å². The largest absolute Gasteiger partial charge is 0.497 e. The van der Waals surface area contributed by atoms with Crippen molar-refractivity contribution in [3.63, 3.8) is 0 Å². The molecule has 2 rings (SSSR count). The van der Waals surface area contributed by atoms with Gasteiger partial charge in [0.25, 0.3) is 0 Å². The Morgan fingerprint density at radius 3 is 2.57 bits per heavy atom. The zero-order valence-corrected chi connectivity index (χ0v) is 14.3. The maximum absolute atomic E-state index is 12.7. The number of rotatable bonds is 5. The number of carbonyl (C=O) groups excluding carboxylic acids is 1. The molecule has 1 aromatic carbocycles. The van der Waals surface area contributed by atoms with E-state index < -0.39 is 10.0 Å². The molecule has 2 amide bonds. The van der Waals surface area contributed by atoms with Crippen molar-refractivity contribution in [1.29, 1.82) is 0 Å². The molecular weight excluding hydrogens is 318 g/mol. The van der Waals surface area contributed by atoms with Gasteiger partial charge in [-0.3, -0.25) is 0 Å². The van der Waals surface area contributed by atoms with E-state index in [0.717, 1.165) is 6.42 Å². The number of benzene rings is 1. The number of hydrogen-bond acceptors (Lipinski definition) is 4. The lowest BCUT2D eigenvalue weighted by atomic mass is 10.3. The number of sulfonamides is 1. The fraction of sp³-hybridized carbons (Fsp3) is 0.533. The van der Waals surface area contributed by atoms with Crippen molar-refractivity contribution in [3.8, 4) is 5.75 Å². The van der Waals surface area contributed by atoms with Crippen LogP contribution in [-0.4, -0.2) is 63.5 Å². The summed E-state index contributed by atoms with van der Waals surface area (Å²) in [6, 6.07) is 6.29. The Labute approximate surface area is 137 Å². The fourth-order valence-electron chi connectivity index (χ4n) is 2.39. The molecule has 0 bridgehead atoms. The van der Waals surface area contributed by atoms with E-state index in [0.29, 0.717) is 38.5 Å². The average molecular weight is 341 g/mol. The normalized spacial score (nSPS) is 16.2. The summed E-state index contributed by atoms with van der Waals surface area (Å²) in [7, 11) is -2.07. The number of ether oxygens (including phenoxy) is 1. The molecule has 0 atom stereocenters. The van der Waals surface area contributed by atoms with Gasteiger partial charge in [0, 0.05) is 38.8 Å². The highest BCUT2D eigenvalue weighted by Crippen LogP contribution is 2.21. The van der Waals surface area contributed by atoms with E-state index in [2.05, 4.69) is 5.32 Å². The van der Waals surface area contributed by atoms with Crippen molar-refractivity contribution >= 4 is 16.1 Å². The maximum atomic E-state index is 12.7. The molecule has 0 aromatic heterocycles. The first kappa shape index (κ1) is 17.6. The van der Waals surface area contributed by atoms with Gasteiger partial charge in [0.05, 0.1) is 12.0 Å². The number of carbonyl (C=O) groups is 1. The van der Waals surface area contributed by atoms with E-state index >= 15 is 0 Å². The van der Waals surface area contributed by atoms with Gasteiger partial charge in [-0.15, -0.1) is 0 Å². The monoisotopic (exact) mass is 341 g/mol. The SMILES string of the molecule is CCCNC(=O)N1CCN(S(=O)(=O)c2cccc(OC)c2)CC1. The average Bonchev–Trinajstić information content (AvgIpc) is 2.59. The van der Waals surface area contributed by atoms with Gasteiger partial charge >= 0.3 is 6.03 Å². The third-order valence-electron chi connectivity index (χ3n) is 3.73. The van der Waals surface area contributed by atoms with Crippen LogP contribution >= 0.6 is 0 Å². The van der Waals surface area contributed by atoms with Gasteiger partial charge < -0.3 is 15.0 Å². The molecule has 1 saturated heterocycles. The Morgan fingerprint density at radius 1 is 1.26 bits per heavy atom. The van der Waals surface area contributed by atoms with Gasteiger partial charge in [0.1, 0.15) is 5.75 Å². The van der Waals surface area contributed by atoms with E-state index in [-0.39, 0.29) is 10.9 Å². The molecule has 23 heavy (non-hydrogen) atoms. The molecule has 8 heteroatoms. The third kappa shape index (κ3) is 4.14. The quantitative estimate of drug-likeness (QED) is 0.870. The highest BCUT2D eigenvalue weighted by atomic mass is 32.2. The minimum atomic E-state index is -3.57. The second-order valence-corrected chi connectivity index (χ2v) is 7.24. The standard InChI is InChI=1S/C15H23N3O4S/c1-3-7-16-15(19)17-8-10-18(11-9-17)23(20,21)14-6-4-5-13(12-14)22-2/h4-6,12H,3,7-11H2,1-2H3,(H,16,19). The van der Waals surface area contributed by atoms with E-state index in [4.69, 9.17) is 4.74 Å². The second-order valence-electron chi connectivity index (χ2n) is 5.30. The number of piperazine rings is 1. The van der Waals surface area contributed by atoms with Gasteiger partial charge in [-0.05, 0) is 18.6 Å². The number of urea groups is 1. The molecule has 0 spiro atoms. The van der Waals surface area contributed by atoms with Gasteiger partial charge in [0.15, 0.2) is 0 Å². The van der Waals surface area contributed by atoms with Crippen LogP contribution in [-0.2, 0) is 10.0 Å². The van der Waals surface area contributed by atoms with Crippen molar-refractivity contribution in [2.45, 2.75) is 18.2 Å². The first-order chi connectivity index (χ1) is 11.0. The Kier molecular flexibility index (Phi) is 5.84. The number of nitrogens with zero attached hydrogens (tertiary/aromatic N) is 2.